The van der Waals surface area contributed by atoms with Crippen molar-refractivity contribution in [3.8, 4) is 0 Å². The number of halogens is 1. The first-order valence-electron chi connectivity index (χ1n) is 6.19. The number of nitrogens with one attached hydrogen (secondary N) is 1. The van der Waals surface area contributed by atoms with Crippen LogP contribution in [0.2, 0.25) is 0 Å². The Morgan fingerprint density at radius 3 is 2.86 bits per heavy atom. The monoisotopic (exact) mass is 289 g/mol. The fourth-order valence-corrected chi connectivity index (χ4v) is 1.76. The summed E-state index contributed by atoms with van der Waals surface area (Å²) in [5.41, 5.74) is 0.442. The molecule has 0 fully saturated rings. The van der Waals surface area contributed by atoms with E-state index in [2.05, 4.69) is 10.3 Å². The highest BCUT2D eigenvalue weighted by Crippen LogP contribution is 2.21. The number of nitrogens with zero attached hydrogens (tertiary/aromatic N) is 2. The van der Waals surface area contributed by atoms with Crippen molar-refractivity contribution in [3.63, 3.8) is 0 Å². The predicted octanol–water partition coefficient (Wildman–Crippen LogP) is 2.70. The number of rotatable bonds is 5. The van der Waals surface area contributed by atoms with Gasteiger partial charge in [-0.25, -0.2) is 0 Å². The minimum atomic E-state index is -0.937. The minimum Gasteiger partial charge on any atom is -0.326 e. The Morgan fingerprint density at radius 1 is 1.38 bits per heavy atom. The van der Waals surface area contributed by atoms with E-state index in [4.69, 9.17) is 0 Å². The number of amides is 1. The van der Waals surface area contributed by atoms with Crippen molar-refractivity contribution in [2.75, 3.05) is 5.32 Å². The third-order valence-corrected chi connectivity index (χ3v) is 2.79. The van der Waals surface area contributed by atoms with E-state index >= 15 is 0 Å². The number of carbonyl (C=O) groups excluding carboxylic acids is 1. The first-order valence-corrected chi connectivity index (χ1v) is 6.19. The van der Waals surface area contributed by atoms with Crippen LogP contribution in [0.25, 0.3) is 0 Å². The van der Waals surface area contributed by atoms with Gasteiger partial charge in [0, 0.05) is 30.6 Å². The first-order chi connectivity index (χ1) is 10.1. The zero-order valence-electron chi connectivity index (χ0n) is 11.0. The number of benzene rings is 1. The third kappa shape index (κ3) is 4.07. The van der Waals surface area contributed by atoms with Crippen LogP contribution in [-0.2, 0) is 11.2 Å². The van der Waals surface area contributed by atoms with E-state index in [1.807, 2.05) is 6.07 Å². The van der Waals surface area contributed by atoms with Crippen LogP contribution in [0.3, 0.4) is 0 Å². The molecule has 0 saturated carbocycles. The first kappa shape index (κ1) is 14.6. The maximum atomic E-state index is 13.2. The van der Waals surface area contributed by atoms with Crippen LogP contribution in [-0.4, -0.2) is 15.8 Å². The second-order valence-electron chi connectivity index (χ2n) is 4.33. The number of carbonyl (C=O) groups is 1. The van der Waals surface area contributed by atoms with Gasteiger partial charge in [0.1, 0.15) is 0 Å². The molecule has 1 aromatic heterocycles. The molecule has 0 bridgehead atoms. The van der Waals surface area contributed by atoms with Crippen molar-refractivity contribution >= 4 is 17.3 Å². The quantitative estimate of drug-likeness (QED) is 0.677. The summed E-state index contributed by atoms with van der Waals surface area (Å²) in [6.45, 7) is 0. The second kappa shape index (κ2) is 6.56. The van der Waals surface area contributed by atoms with Crippen LogP contribution >= 0.6 is 0 Å². The zero-order valence-corrected chi connectivity index (χ0v) is 11.0. The number of hydrogen-bond donors (Lipinski definition) is 1. The molecule has 21 heavy (non-hydrogen) atoms. The van der Waals surface area contributed by atoms with E-state index in [1.165, 1.54) is 6.07 Å². The number of hydrogen-bond acceptors (Lipinski definition) is 4. The summed E-state index contributed by atoms with van der Waals surface area (Å²) in [4.78, 5) is 25.5. The Bertz CT molecular complexity index is 662. The van der Waals surface area contributed by atoms with E-state index in [9.17, 15) is 19.3 Å². The van der Waals surface area contributed by atoms with Gasteiger partial charge in [0.25, 0.3) is 0 Å². The lowest BCUT2D eigenvalue weighted by molar-refractivity contribution is -0.387. The van der Waals surface area contributed by atoms with Gasteiger partial charge in [-0.2, -0.15) is 4.39 Å². The molecule has 7 heteroatoms. The molecule has 2 aromatic rings. The van der Waals surface area contributed by atoms with Crippen LogP contribution in [0.5, 0.6) is 0 Å². The largest absolute Gasteiger partial charge is 0.326 e. The molecule has 1 N–H and O–H groups in total. The van der Waals surface area contributed by atoms with Gasteiger partial charge in [0.2, 0.25) is 11.7 Å². The second-order valence-corrected chi connectivity index (χ2v) is 4.33. The molecule has 0 radical (unpaired) electrons. The maximum absolute atomic E-state index is 13.2. The Morgan fingerprint density at radius 2 is 2.19 bits per heavy atom. The van der Waals surface area contributed by atoms with Crippen LogP contribution in [0, 0.1) is 15.9 Å². The van der Waals surface area contributed by atoms with Gasteiger partial charge in [-0.3, -0.25) is 19.9 Å². The number of aryl methyl sites for hydroxylation is 1. The fraction of sp³-hybridized carbons (Fsp3) is 0.143. The molecule has 1 aromatic carbocycles. The number of nitro benzene ring substituents is 1. The molecule has 0 aliphatic carbocycles. The zero-order chi connectivity index (χ0) is 15.2. The minimum absolute atomic E-state index is 0.194. The normalized spacial score (nSPS) is 10.1. The van der Waals surface area contributed by atoms with Crippen molar-refractivity contribution in [2.45, 2.75) is 12.8 Å². The van der Waals surface area contributed by atoms with E-state index in [0.717, 1.165) is 17.7 Å². The summed E-state index contributed by atoms with van der Waals surface area (Å²) < 4.78 is 13.2. The van der Waals surface area contributed by atoms with Gasteiger partial charge < -0.3 is 5.32 Å². The Kier molecular flexibility index (Phi) is 4.55. The fourth-order valence-electron chi connectivity index (χ4n) is 1.76. The van der Waals surface area contributed by atoms with E-state index in [1.54, 1.807) is 18.5 Å². The van der Waals surface area contributed by atoms with Crippen molar-refractivity contribution in [2.24, 2.45) is 0 Å². The molecule has 0 spiro atoms. The topological polar surface area (TPSA) is 85.1 Å². The highest BCUT2D eigenvalue weighted by atomic mass is 19.1. The molecule has 0 atom stereocenters. The van der Waals surface area contributed by atoms with E-state index in [0.29, 0.717) is 6.42 Å². The van der Waals surface area contributed by atoms with Gasteiger partial charge in [0.15, 0.2) is 0 Å². The standard InChI is InChI=1S/C14H12FN3O3/c15-12-5-4-11(8-13(12)18(20)21)17-14(19)6-3-10-2-1-7-16-9-10/h1-2,4-5,7-9H,3,6H2,(H,17,19). The van der Waals surface area contributed by atoms with Crippen LogP contribution in [0.15, 0.2) is 42.7 Å². The molecule has 0 saturated heterocycles. The maximum Gasteiger partial charge on any atom is 0.306 e. The predicted molar refractivity (Wildman–Crippen MR) is 74.2 cm³/mol. The van der Waals surface area contributed by atoms with Gasteiger partial charge in [0.05, 0.1) is 4.92 Å². The molecule has 0 unspecified atom stereocenters. The molecule has 2 rings (SSSR count). The van der Waals surface area contributed by atoms with E-state index < -0.39 is 16.4 Å². The number of aromatic nitrogens is 1. The van der Waals surface area contributed by atoms with Gasteiger partial charge >= 0.3 is 5.69 Å². The van der Waals surface area contributed by atoms with Crippen molar-refractivity contribution in [1.82, 2.24) is 4.98 Å². The Hall–Kier alpha value is -2.83. The van der Waals surface area contributed by atoms with Crippen molar-refractivity contribution < 1.29 is 14.1 Å². The number of pyridine rings is 1. The average Bonchev–Trinajstić information content (AvgIpc) is 2.48. The smallest absolute Gasteiger partial charge is 0.306 e. The SMILES string of the molecule is O=C(CCc1cccnc1)Nc1ccc(F)c([N+](=O)[O-])c1. The van der Waals surface area contributed by atoms with Crippen molar-refractivity contribution in [3.05, 3.63) is 64.2 Å². The number of anilines is 1. The summed E-state index contributed by atoms with van der Waals surface area (Å²) in [5, 5.41) is 13.1. The summed E-state index contributed by atoms with van der Waals surface area (Å²) in [6.07, 6.45) is 4.01. The summed E-state index contributed by atoms with van der Waals surface area (Å²) >= 11 is 0. The summed E-state index contributed by atoms with van der Waals surface area (Å²) in [7, 11) is 0. The molecule has 6 nitrogen and oxygen atoms in total. The van der Waals surface area contributed by atoms with E-state index in [-0.39, 0.29) is 18.0 Å². The van der Waals surface area contributed by atoms with Gasteiger partial charge in [-0.05, 0) is 30.2 Å². The number of nitro groups is 1. The molecule has 0 aliphatic rings. The van der Waals surface area contributed by atoms with Crippen LogP contribution in [0.4, 0.5) is 15.8 Å². The third-order valence-electron chi connectivity index (χ3n) is 2.79. The van der Waals surface area contributed by atoms with Gasteiger partial charge in [-0.15, -0.1) is 0 Å². The molecule has 1 amide bonds. The lowest BCUT2D eigenvalue weighted by Crippen LogP contribution is -2.12. The van der Waals surface area contributed by atoms with Crippen LogP contribution in [0.1, 0.15) is 12.0 Å². The lowest BCUT2D eigenvalue weighted by atomic mass is 10.1. The highest BCUT2D eigenvalue weighted by Gasteiger charge is 2.15. The van der Waals surface area contributed by atoms with Crippen LogP contribution < -0.4 is 5.32 Å². The van der Waals surface area contributed by atoms with Crippen molar-refractivity contribution in [1.29, 1.82) is 0 Å². The summed E-state index contributed by atoms with van der Waals surface area (Å²) in [6, 6.07) is 6.86. The molecule has 1 heterocycles. The van der Waals surface area contributed by atoms with Gasteiger partial charge in [-0.1, -0.05) is 6.07 Å². The highest BCUT2D eigenvalue weighted by molar-refractivity contribution is 5.91. The molecular weight excluding hydrogens is 277 g/mol. The lowest BCUT2D eigenvalue weighted by Gasteiger charge is -2.05. The Balaban J connectivity index is 1.97. The Labute approximate surface area is 119 Å². The summed E-state index contributed by atoms with van der Waals surface area (Å²) in [5.74, 6) is -1.24. The molecule has 108 valence electrons. The average molecular weight is 289 g/mol. The molecular formula is C14H12FN3O3. The molecule has 0 aliphatic heterocycles.